The van der Waals surface area contributed by atoms with Crippen LogP contribution in [0, 0.1) is 11.8 Å². The maximum absolute atomic E-state index is 13.1. The molecule has 206 valence electrons. The molecule has 1 aliphatic carbocycles. The molecule has 0 aliphatic heterocycles. The molecule has 0 radical (unpaired) electrons. The summed E-state index contributed by atoms with van der Waals surface area (Å²) in [6.07, 6.45) is -16.9. The molecule has 0 amide bonds. The van der Waals surface area contributed by atoms with Crippen molar-refractivity contribution in [3.05, 3.63) is 54.1 Å². The van der Waals surface area contributed by atoms with Gasteiger partial charge in [0.25, 0.3) is 0 Å². The Labute approximate surface area is 206 Å². The Balaban J connectivity index is 1.77. The third-order valence-electron chi connectivity index (χ3n) is 6.13. The lowest BCUT2D eigenvalue weighted by Gasteiger charge is -2.36. The summed E-state index contributed by atoms with van der Waals surface area (Å²) < 4.78 is 124. The minimum Gasteiger partial charge on any atom is -0.457 e. The van der Waals surface area contributed by atoms with E-state index in [2.05, 4.69) is 10.1 Å². The van der Waals surface area contributed by atoms with Gasteiger partial charge in [0.15, 0.2) is 6.10 Å². The van der Waals surface area contributed by atoms with Crippen LogP contribution in [0.2, 0.25) is 0 Å². The van der Waals surface area contributed by atoms with Gasteiger partial charge < -0.3 is 19.9 Å². The van der Waals surface area contributed by atoms with E-state index < -0.39 is 55.0 Å². The standard InChI is InChI=1S/C24H24F9NO3/c25-22(26,27)16-6-4-14(5-7-16)21(34-13-20(35)23(28,29)30)15-2-1-3-19(12-15)36-17-8-10-18(11-9-17)37-24(31,32)33/h1-3,8-12,14,16,20-21,34-35H,4-7,13H2. The maximum Gasteiger partial charge on any atom is 0.573 e. The molecule has 0 heterocycles. The van der Waals surface area contributed by atoms with Gasteiger partial charge in [-0.3, -0.25) is 0 Å². The average molecular weight is 545 g/mol. The third kappa shape index (κ3) is 8.70. The molecule has 2 atom stereocenters. The summed E-state index contributed by atoms with van der Waals surface area (Å²) in [6, 6.07) is 9.80. The van der Waals surface area contributed by atoms with Crippen LogP contribution in [0.25, 0.3) is 0 Å². The predicted molar refractivity (Wildman–Crippen MR) is 114 cm³/mol. The van der Waals surface area contributed by atoms with Crippen molar-refractivity contribution in [2.45, 2.75) is 56.5 Å². The zero-order valence-corrected chi connectivity index (χ0v) is 19.1. The maximum atomic E-state index is 13.1. The first-order valence-electron chi connectivity index (χ1n) is 11.3. The highest BCUT2D eigenvalue weighted by Gasteiger charge is 2.43. The van der Waals surface area contributed by atoms with Crippen LogP contribution in [-0.2, 0) is 0 Å². The number of alkyl halides is 9. The van der Waals surface area contributed by atoms with Gasteiger partial charge in [-0.1, -0.05) is 12.1 Å². The molecule has 13 heteroatoms. The molecule has 2 unspecified atom stereocenters. The Morgan fingerprint density at radius 2 is 1.41 bits per heavy atom. The summed E-state index contributed by atoms with van der Waals surface area (Å²) in [6.45, 7) is -0.862. The van der Waals surface area contributed by atoms with Crippen LogP contribution in [0.4, 0.5) is 39.5 Å². The minimum absolute atomic E-state index is 0.107. The van der Waals surface area contributed by atoms with Crippen LogP contribution in [0.3, 0.4) is 0 Å². The Hall–Kier alpha value is -2.67. The van der Waals surface area contributed by atoms with Crippen LogP contribution in [0.5, 0.6) is 17.2 Å². The number of hydrogen-bond acceptors (Lipinski definition) is 4. The van der Waals surface area contributed by atoms with Crippen molar-refractivity contribution in [3.8, 4) is 17.2 Å². The number of aliphatic hydroxyl groups is 1. The molecule has 3 rings (SSSR count). The molecule has 1 aliphatic rings. The summed E-state index contributed by atoms with van der Waals surface area (Å²) in [5.41, 5.74) is 0.430. The molecule has 1 fully saturated rings. The van der Waals surface area contributed by atoms with Gasteiger partial charge in [-0.2, -0.15) is 26.3 Å². The minimum atomic E-state index is -4.88. The smallest absolute Gasteiger partial charge is 0.457 e. The second kappa shape index (κ2) is 11.4. The first kappa shape index (κ1) is 28.9. The molecule has 4 nitrogen and oxygen atoms in total. The number of ether oxygens (including phenoxy) is 2. The lowest BCUT2D eigenvalue weighted by molar-refractivity contribution is -0.274. The quantitative estimate of drug-likeness (QED) is 0.342. The fourth-order valence-electron chi connectivity index (χ4n) is 4.31. The highest BCUT2D eigenvalue weighted by Crippen LogP contribution is 2.43. The van der Waals surface area contributed by atoms with Crippen molar-refractivity contribution in [2.75, 3.05) is 6.54 Å². The van der Waals surface area contributed by atoms with Crippen LogP contribution in [0.15, 0.2) is 48.5 Å². The lowest BCUT2D eigenvalue weighted by atomic mass is 9.76. The topological polar surface area (TPSA) is 50.7 Å². The molecule has 0 saturated heterocycles. The molecule has 1 saturated carbocycles. The Bertz CT molecular complexity index is 998. The Morgan fingerprint density at radius 3 is 1.95 bits per heavy atom. The van der Waals surface area contributed by atoms with E-state index in [-0.39, 0.29) is 37.2 Å². The molecule has 0 aromatic heterocycles. The molecule has 37 heavy (non-hydrogen) atoms. The van der Waals surface area contributed by atoms with E-state index in [0.29, 0.717) is 5.56 Å². The van der Waals surface area contributed by atoms with Crippen molar-refractivity contribution in [1.29, 1.82) is 0 Å². The van der Waals surface area contributed by atoms with Crippen LogP contribution in [-0.4, -0.2) is 36.5 Å². The van der Waals surface area contributed by atoms with Gasteiger partial charge in [-0.15, -0.1) is 13.2 Å². The largest absolute Gasteiger partial charge is 0.573 e. The van der Waals surface area contributed by atoms with E-state index >= 15 is 0 Å². The number of rotatable bonds is 8. The van der Waals surface area contributed by atoms with E-state index in [9.17, 15) is 44.6 Å². The van der Waals surface area contributed by atoms with E-state index in [0.717, 1.165) is 12.1 Å². The van der Waals surface area contributed by atoms with Gasteiger partial charge in [-0.05, 0) is 73.6 Å². The average Bonchev–Trinajstić information content (AvgIpc) is 2.79. The zero-order chi connectivity index (χ0) is 27.4. The van der Waals surface area contributed by atoms with Crippen molar-refractivity contribution in [1.82, 2.24) is 5.32 Å². The highest BCUT2D eigenvalue weighted by atomic mass is 19.4. The van der Waals surface area contributed by atoms with Crippen molar-refractivity contribution < 1.29 is 54.1 Å². The number of benzene rings is 2. The van der Waals surface area contributed by atoms with Crippen LogP contribution >= 0.6 is 0 Å². The Morgan fingerprint density at radius 1 is 0.811 bits per heavy atom. The van der Waals surface area contributed by atoms with Crippen molar-refractivity contribution in [3.63, 3.8) is 0 Å². The first-order valence-corrected chi connectivity index (χ1v) is 11.3. The van der Waals surface area contributed by atoms with E-state index in [1.807, 2.05) is 0 Å². The molecule has 2 N–H and O–H groups in total. The summed E-state index contributed by atoms with van der Waals surface area (Å²) in [5, 5.41) is 12.1. The van der Waals surface area contributed by atoms with Gasteiger partial charge >= 0.3 is 18.7 Å². The summed E-state index contributed by atoms with van der Waals surface area (Å²) >= 11 is 0. The lowest BCUT2D eigenvalue weighted by Crippen LogP contribution is -2.42. The van der Waals surface area contributed by atoms with Gasteiger partial charge in [0, 0.05) is 12.6 Å². The van der Waals surface area contributed by atoms with E-state index in [1.165, 1.54) is 30.3 Å². The fraction of sp³-hybridized carbons (Fsp3) is 0.500. The summed E-state index contributed by atoms with van der Waals surface area (Å²) in [7, 11) is 0. The number of halogens is 9. The second-order valence-corrected chi connectivity index (χ2v) is 8.79. The number of aliphatic hydroxyl groups excluding tert-OH is 1. The number of nitrogens with one attached hydrogen (secondary N) is 1. The van der Waals surface area contributed by atoms with Crippen LogP contribution < -0.4 is 14.8 Å². The van der Waals surface area contributed by atoms with Gasteiger partial charge in [0.2, 0.25) is 0 Å². The van der Waals surface area contributed by atoms with Crippen molar-refractivity contribution in [2.24, 2.45) is 11.8 Å². The van der Waals surface area contributed by atoms with Gasteiger partial charge in [0.05, 0.1) is 5.92 Å². The van der Waals surface area contributed by atoms with E-state index in [4.69, 9.17) is 4.74 Å². The monoisotopic (exact) mass is 545 g/mol. The van der Waals surface area contributed by atoms with Gasteiger partial charge in [0.1, 0.15) is 17.2 Å². The predicted octanol–water partition coefficient (Wildman–Crippen LogP) is 7.30. The van der Waals surface area contributed by atoms with Crippen molar-refractivity contribution >= 4 is 0 Å². The molecule has 2 aromatic rings. The summed E-state index contributed by atoms with van der Waals surface area (Å²) in [4.78, 5) is 0. The highest BCUT2D eigenvalue weighted by molar-refractivity contribution is 5.37. The van der Waals surface area contributed by atoms with Gasteiger partial charge in [-0.25, -0.2) is 0 Å². The van der Waals surface area contributed by atoms with Crippen LogP contribution in [0.1, 0.15) is 37.3 Å². The zero-order valence-electron chi connectivity index (χ0n) is 19.1. The molecular weight excluding hydrogens is 521 g/mol. The SMILES string of the molecule is OC(CNC(c1cccc(Oc2ccc(OC(F)(F)F)cc2)c1)C1CCC(C(F)(F)F)CC1)C(F)(F)F. The Kier molecular flexibility index (Phi) is 8.89. The summed E-state index contributed by atoms with van der Waals surface area (Å²) in [5.74, 6) is -2.03. The fourth-order valence-corrected chi connectivity index (χ4v) is 4.31. The third-order valence-corrected chi connectivity index (χ3v) is 6.13. The molecule has 0 spiro atoms. The molecule has 0 bridgehead atoms. The van der Waals surface area contributed by atoms with E-state index in [1.54, 1.807) is 6.07 Å². The second-order valence-electron chi connectivity index (χ2n) is 8.79. The molecular formula is C24H24F9NO3. The molecule has 2 aromatic carbocycles. The first-order chi connectivity index (χ1) is 17.1. The number of hydrogen-bond donors (Lipinski definition) is 2. The normalized spacial score (nSPS) is 20.8.